The van der Waals surface area contributed by atoms with Gasteiger partial charge in [0, 0.05) is 13.2 Å². The monoisotopic (exact) mass is 186 g/mol. The maximum absolute atomic E-state index is 5.57. The van der Waals surface area contributed by atoms with Crippen LogP contribution in [0.25, 0.3) is 0 Å². The van der Waals surface area contributed by atoms with Crippen molar-refractivity contribution in [3.63, 3.8) is 0 Å². The second-order valence-corrected chi connectivity index (χ2v) is 3.24. The Balaban J connectivity index is 3.94. The maximum atomic E-state index is 5.57. The van der Waals surface area contributed by atoms with E-state index >= 15 is 0 Å². The van der Waals surface area contributed by atoms with Crippen molar-refractivity contribution in [2.75, 3.05) is 13.2 Å². The van der Waals surface area contributed by atoms with Crippen LogP contribution in [0.1, 0.15) is 47.0 Å². The molecule has 13 heavy (non-hydrogen) atoms. The summed E-state index contributed by atoms with van der Waals surface area (Å²) in [6, 6.07) is 0. The van der Waals surface area contributed by atoms with Crippen molar-refractivity contribution in [3.8, 4) is 0 Å². The second kappa shape index (κ2) is 8.58. The molecule has 0 heterocycles. The Hall–Kier alpha value is -0.0151. The van der Waals surface area contributed by atoms with E-state index in [2.05, 4.69) is 13.8 Å². The first-order chi connectivity index (χ1) is 6.29. The summed E-state index contributed by atoms with van der Waals surface area (Å²) in [5.41, 5.74) is 0. The average Bonchev–Trinajstić information content (AvgIpc) is 2.14. The summed E-state index contributed by atoms with van der Waals surface area (Å²) in [7, 11) is 0.0138. The lowest BCUT2D eigenvalue weighted by molar-refractivity contribution is 0.201. The van der Waals surface area contributed by atoms with Gasteiger partial charge in [-0.15, -0.1) is 0 Å². The van der Waals surface area contributed by atoms with Crippen LogP contribution in [0.2, 0.25) is 5.82 Å². The lowest BCUT2D eigenvalue weighted by Gasteiger charge is -2.20. The number of hydrogen-bond acceptors (Lipinski definition) is 2. The van der Waals surface area contributed by atoms with Crippen LogP contribution >= 0.6 is 0 Å². The summed E-state index contributed by atoms with van der Waals surface area (Å²) >= 11 is 0. The fourth-order valence-electron chi connectivity index (χ4n) is 1.55. The van der Waals surface area contributed by atoms with Crippen LogP contribution in [0.15, 0.2) is 0 Å². The van der Waals surface area contributed by atoms with E-state index in [4.69, 9.17) is 9.31 Å². The molecule has 0 aromatic rings. The molecule has 2 nitrogen and oxygen atoms in total. The Morgan fingerprint density at radius 3 is 1.85 bits per heavy atom. The highest BCUT2D eigenvalue weighted by Gasteiger charge is 2.26. The third kappa shape index (κ3) is 5.32. The Labute approximate surface area is 83.1 Å². The van der Waals surface area contributed by atoms with E-state index in [1.54, 1.807) is 0 Å². The van der Waals surface area contributed by atoms with Crippen molar-refractivity contribution < 1.29 is 9.31 Å². The Kier molecular flexibility index (Phi) is 8.57. The van der Waals surface area contributed by atoms with Crippen LogP contribution < -0.4 is 0 Å². The van der Waals surface area contributed by atoms with Crippen molar-refractivity contribution in [2.45, 2.75) is 52.8 Å². The smallest absolute Gasteiger partial charge is 0.411 e. The number of rotatable bonds is 8. The maximum Gasteiger partial charge on any atom is 0.460 e. The van der Waals surface area contributed by atoms with Crippen molar-refractivity contribution >= 4 is 7.12 Å². The van der Waals surface area contributed by atoms with E-state index in [0.29, 0.717) is 5.82 Å². The highest BCUT2D eigenvalue weighted by atomic mass is 16.6. The Morgan fingerprint density at radius 1 is 1.00 bits per heavy atom. The molecule has 0 radical (unpaired) electrons. The van der Waals surface area contributed by atoms with E-state index in [-0.39, 0.29) is 7.12 Å². The van der Waals surface area contributed by atoms with Crippen molar-refractivity contribution in [1.82, 2.24) is 0 Å². The summed E-state index contributed by atoms with van der Waals surface area (Å²) in [5.74, 6) is 0.560. The molecular formula is C10H23BO2. The van der Waals surface area contributed by atoms with Gasteiger partial charge >= 0.3 is 7.12 Å². The van der Waals surface area contributed by atoms with Gasteiger partial charge < -0.3 is 9.31 Å². The van der Waals surface area contributed by atoms with Crippen LogP contribution in [0.4, 0.5) is 0 Å². The van der Waals surface area contributed by atoms with Gasteiger partial charge in [-0.25, -0.2) is 0 Å². The lowest BCUT2D eigenvalue weighted by atomic mass is 9.68. The van der Waals surface area contributed by atoms with Gasteiger partial charge in [0.25, 0.3) is 0 Å². The van der Waals surface area contributed by atoms with Crippen molar-refractivity contribution in [2.24, 2.45) is 0 Å². The van der Waals surface area contributed by atoms with Gasteiger partial charge in [-0.3, -0.25) is 0 Å². The molecule has 0 N–H and O–H groups in total. The van der Waals surface area contributed by atoms with E-state index in [1.807, 2.05) is 13.8 Å². The van der Waals surface area contributed by atoms with Crippen LogP contribution in [0.3, 0.4) is 0 Å². The molecule has 0 aromatic heterocycles. The molecule has 0 aromatic carbocycles. The molecule has 1 unspecified atom stereocenters. The molecule has 0 saturated carbocycles. The third-order valence-electron chi connectivity index (χ3n) is 2.23. The Bertz CT molecular complexity index is 103. The zero-order chi connectivity index (χ0) is 10.1. The quantitative estimate of drug-likeness (QED) is 0.542. The van der Waals surface area contributed by atoms with Gasteiger partial charge in [-0.1, -0.05) is 33.1 Å². The number of hydrogen-bond donors (Lipinski definition) is 0. The minimum absolute atomic E-state index is 0.0138. The molecule has 0 bridgehead atoms. The summed E-state index contributed by atoms with van der Waals surface area (Å²) in [6.07, 6.45) is 3.54. The third-order valence-corrected chi connectivity index (χ3v) is 2.23. The van der Waals surface area contributed by atoms with Gasteiger partial charge in [0.2, 0.25) is 0 Å². The molecule has 0 aliphatic rings. The van der Waals surface area contributed by atoms with Crippen LogP contribution in [0, 0.1) is 0 Å². The summed E-state index contributed by atoms with van der Waals surface area (Å²) in [4.78, 5) is 0. The van der Waals surface area contributed by atoms with E-state index in [0.717, 1.165) is 19.6 Å². The van der Waals surface area contributed by atoms with E-state index in [1.165, 1.54) is 12.8 Å². The van der Waals surface area contributed by atoms with Crippen LogP contribution in [-0.4, -0.2) is 20.3 Å². The van der Waals surface area contributed by atoms with E-state index < -0.39 is 0 Å². The molecule has 0 aliphatic heterocycles. The summed E-state index contributed by atoms with van der Waals surface area (Å²) < 4.78 is 11.1. The van der Waals surface area contributed by atoms with Gasteiger partial charge in [0.15, 0.2) is 0 Å². The van der Waals surface area contributed by atoms with Gasteiger partial charge in [0.05, 0.1) is 0 Å². The van der Waals surface area contributed by atoms with Crippen LogP contribution in [0.5, 0.6) is 0 Å². The fraction of sp³-hybridized carbons (Fsp3) is 1.00. The molecular weight excluding hydrogens is 163 g/mol. The highest BCUT2D eigenvalue weighted by Crippen LogP contribution is 2.22. The SMILES string of the molecule is CCCC(CC)B(OCC)OCC. The van der Waals surface area contributed by atoms with Crippen molar-refractivity contribution in [3.05, 3.63) is 0 Å². The normalized spacial score (nSPS) is 12.9. The minimum Gasteiger partial charge on any atom is -0.411 e. The summed E-state index contributed by atoms with van der Waals surface area (Å²) in [5, 5.41) is 0. The minimum atomic E-state index is 0.0138. The Morgan fingerprint density at radius 2 is 1.54 bits per heavy atom. The second-order valence-electron chi connectivity index (χ2n) is 3.24. The molecule has 0 rings (SSSR count). The largest absolute Gasteiger partial charge is 0.460 e. The molecule has 1 atom stereocenters. The molecule has 78 valence electrons. The highest BCUT2D eigenvalue weighted by molar-refractivity contribution is 6.46. The standard InChI is InChI=1S/C10H23BO2/c1-5-9-10(6-2)11(12-7-3)13-8-4/h10H,5-9H2,1-4H3. The first kappa shape index (κ1) is 13.0. The fourth-order valence-corrected chi connectivity index (χ4v) is 1.55. The zero-order valence-corrected chi connectivity index (χ0v) is 9.51. The molecule has 0 saturated heterocycles. The van der Waals surface area contributed by atoms with Gasteiger partial charge in [-0.2, -0.15) is 0 Å². The molecule has 3 heteroatoms. The van der Waals surface area contributed by atoms with Gasteiger partial charge in [0.1, 0.15) is 0 Å². The van der Waals surface area contributed by atoms with Gasteiger partial charge in [-0.05, 0) is 19.7 Å². The molecule has 0 fully saturated rings. The first-order valence-electron chi connectivity index (χ1n) is 5.53. The molecule has 0 aliphatic carbocycles. The molecule has 0 amide bonds. The zero-order valence-electron chi connectivity index (χ0n) is 9.51. The molecule has 0 spiro atoms. The predicted octanol–water partition coefficient (Wildman–Crippen LogP) is 3.13. The average molecular weight is 186 g/mol. The summed E-state index contributed by atoms with van der Waals surface area (Å²) in [6.45, 7) is 9.92. The predicted molar refractivity (Wildman–Crippen MR) is 58.0 cm³/mol. The lowest BCUT2D eigenvalue weighted by Crippen LogP contribution is -2.29. The van der Waals surface area contributed by atoms with Crippen molar-refractivity contribution in [1.29, 1.82) is 0 Å². The van der Waals surface area contributed by atoms with E-state index in [9.17, 15) is 0 Å². The first-order valence-corrected chi connectivity index (χ1v) is 5.53. The topological polar surface area (TPSA) is 18.5 Å². The van der Waals surface area contributed by atoms with Crippen LogP contribution in [-0.2, 0) is 9.31 Å².